The molecule has 1 atom stereocenters. The van der Waals surface area contributed by atoms with E-state index in [1.54, 1.807) is 18.2 Å². The topological polar surface area (TPSA) is 93.7 Å². The Bertz CT molecular complexity index is 777. The molecule has 0 spiro atoms. The lowest BCUT2D eigenvalue weighted by Gasteiger charge is -2.18. The molecule has 0 bridgehead atoms. The number of anilines is 1. The number of rotatable bonds is 6. The number of ether oxygens (including phenoxy) is 2. The zero-order chi connectivity index (χ0) is 18.9. The standard InChI is InChI=1S/C19H20N2O5/c1-25-17(22)14-10-6-7-11-15(14)20-19(24)21-16(18(23)26-2)12-13-8-4-3-5-9-13/h3-11,16H,12H2,1-2H3,(H2,20,21,24)/t16-/m1/s1. The van der Waals surface area contributed by atoms with Gasteiger partial charge in [0.2, 0.25) is 0 Å². The Morgan fingerprint density at radius 2 is 1.58 bits per heavy atom. The summed E-state index contributed by atoms with van der Waals surface area (Å²) in [5.41, 5.74) is 1.36. The quantitative estimate of drug-likeness (QED) is 0.775. The van der Waals surface area contributed by atoms with Crippen molar-refractivity contribution in [3.8, 4) is 0 Å². The largest absolute Gasteiger partial charge is 0.467 e. The van der Waals surface area contributed by atoms with Gasteiger partial charge in [-0.25, -0.2) is 14.4 Å². The first-order valence-corrected chi connectivity index (χ1v) is 7.91. The number of para-hydroxylation sites is 1. The van der Waals surface area contributed by atoms with Crippen molar-refractivity contribution in [1.82, 2.24) is 5.32 Å². The Kier molecular flexibility index (Phi) is 6.73. The third kappa shape index (κ3) is 5.07. The van der Waals surface area contributed by atoms with Crippen molar-refractivity contribution in [3.63, 3.8) is 0 Å². The van der Waals surface area contributed by atoms with Crippen molar-refractivity contribution >= 4 is 23.7 Å². The summed E-state index contributed by atoms with van der Waals surface area (Å²) in [6.07, 6.45) is 0.277. The summed E-state index contributed by atoms with van der Waals surface area (Å²) in [6, 6.07) is 14.2. The summed E-state index contributed by atoms with van der Waals surface area (Å²) in [6.45, 7) is 0. The van der Waals surface area contributed by atoms with Gasteiger partial charge in [0.15, 0.2) is 0 Å². The Morgan fingerprint density at radius 3 is 2.23 bits per heavy atom. The molecule has 0 saturated heterocycles. The SMILES string of the molecule is COC(=O)c1ccccc1NC(=O)N[C@H](Cc1ccccc1)C(=O)OC. The summed E-state index contributed by atoms with van der Waals surface area (Å²) in [4.78, 5) is 36.1. The Labute approximate surface area is 151 Å². The second kappa shape index (κ2) is 9.22. The molecule has 2 N–H and O–H groups in total. The van der Waals surface area contributed by atoms with E-state index in [4.69, 9.17) is 4.74 Å². The van der Waals surface area contributed by atoms with Crippen LogP contribution in [0.5, 0.6) is 0 Å². The second-order valence-corrected chi connectivity index (χ2v) is 5.40. The van der Waals surface area contributed by atoms with E-state index in [9.17, 15) is 14.4 Å². The number of carbonyl (C=O) groups excluding carboxylic acids is 3. The molecule has 0 aliphatic rings. The van der Waals surface area contributed by atoms with E-state index in [1.807, 2.05) is 30.3 Å². The van der Waals surface area contributed by atoms with E-state index in [0.29, 0.717) is 0 Å². The molecule has 0 radical (unpaired) electrons. The van der Waals surface area contributed by atoms with Crippen molar-refractivity contribution < 1.29 is 23.9 Å². The molecule has 0 unspecified atom stereocenters. The van der Waals surface area contributed by atoms with Gasteiger partial charge in [-0.2, -0.15) is 0 Å². The van der Waals surface area contributed by atoms with E-state index in [1.165, 1.54) is 20.3 Å². The summed E-state index contributed by atoms with van der Waals surface area (Å²) < 4.78 is 9.45. The lowest BCUT2D eigenvalue weighted by molar-refractivity contribution is -0.142. The van der Waals surface area contributed by atoms with Crippen LogP contribution in [-0.2, 0) is 20.7 Å². The number of hydrogen-bond acceptors (Lipinski definition) is 5. The molecule has 7 heteroatoms. The van der Waals surface area contributed by atoms with Crippen LogP contribution in [0.4, 0.5) is 10.5 Å². The highest BCUT2D eigenvalue weighted by atomic mass is 16.5. The minimum absolute atomic E-state index is 0.211. The van der Waals surface area contributed by atoms with Crippen LogP contribution in [0.15, 0.2) is 54.6 Å². The maximum Gasteiger partial charge on any atom is 0.339 e. The van der Waals surface area contributed by atoms with Gasteiger partial charge in [-0.15, -0.1) is 0 Å². The lowest BCUT2D eigenvalue weighted by atomic mass is 10.1. The van der Waals surface area contributed by atoms with Crippen molar-refractivity contribution in [2.45, 2.75) is 12.5 Å². The number of hydrogen-bond donors (Lipinski definition) is 2. The number of esters is 2. The van der Waals surface area contributed by atoms with Crippen LogP contribution in [0.25, 0.3) is 0 Å². The first-order chi connectivity index (χ1) is 12.5. The summed E-state index contributed by atoms with van der Waals surface area (Å²) in [7, 11) is 2.51. The van der Waals surface area contributed by atoms with Crippen LogP contribution < -0.4 is 10.6 Å². The van der Waals surface area contributed by atoms with E-state index < -0.39 is 24.0 Å². The third-order valence-electron chi connectivity index (χ3n) is 3.65. The first-order valence-electron chi connectivity index (χ1n) is 7.91. The minimum Gasteiger partial charge on any atom is -0.467 e. The van der Waals surface area contributed by atoms with Gasteiger partial charge >= 0.3 is 18.0 Å². The Hall–Kier alpha value is -3.35. The molecule has 2 rings (SSSR count). The van der Waals surface area contributed by atoms with Gasteiger partial charge in [0.25, 0.3) is 0 Å². The molecule has 0 aliphatic carbocycles. The lowest BCUT2D eigenvalue weighted by Crippen LogP contribution is -2.45. The fraction of sp³-hybridized carbons (Fsp3) is 0.211. The molecule has 136 valence electrons. The highest BCUT2D eigenvalue weighted by molar-refractivity contribution is 6.01. The third-order valence-corrected chi connectivity index (χ3v) is 3.65. The van der Waals surface area contributed by atoms with Crippen LogP contribution in [-0.4, -0.2) is 38.2 Å². The molecule has 2 aromatic carbocycles. The molecular formula is C19H20N2O5. The van der Waals surface area contributed by atoms with Crippen LogP contribution in [0.3, 0.4) is 0 Å². The Balaban J connectivity index is 2.10. The van der Waals surface area contributed by atoms with Crippen molar-refractivity contribution in [2.75, 3.05) is 19.5 Å². The number of amides is 2. The predicted molar refractivity (Wildman–Crippen MR) is 95.9 cm³/mol. The molecule has 2 amide bonds. The van der Waals surface area contributed by atoms with Gasteiger partial charge in [0, 0.05) is 6.42 Å². The normalized spacial score (nSPS) is 11.2. The van der Waals surface area contributed by atoms with Gasteiger partial charge in [-0.05, 0) is 17.7 Å². The van der Waals surface area contributed by atoms with E-state index in [-0.39, 0.29) is 17.7 Å². The summed E-state index contributed by atoms with van der Waals surface area (Å²) in [5, 5.41) is 5.13. The van der Waals surface area contributed by atoms with Crippen LogP contribution in [0.1, 0.15) is 15.9 Å². The van der Waals surface area contributed by atoms with Crippen LogP contribution in [0, 0.1) is 0 Å². The predicted octanol–water partition coefficient (Wildman–Crippen LogP) is 2.38. The minimum atomic E-state index is -0.868. The summed E-state index contributed by atoms with van der Waals surface area (Å²) >= 11 is 0. The maximum atomic E-state index is 12.3. The first kappa shape index (κ1) is 19.0. The molecule has 0 fully saturated rings. The maximum absolute atomic E-state index is 12.3. The molecule has 0 aliphatic heterocycles. The van der Waals surface area contributed by atoms with Crippen molar-refractivity contribution in [2.24, 2.45) is 0 Å². The molecule has 0 saturated carbocycles. The highest BCUT2D eigenvalue weighted by Crippen LogP contribution is 2.16. The number of urea groups is 1. The summed E-state index contributed by atoms with van der Waals surface area (Å²) in [5.74, 6) is -1.14. The number of nitrogens with one attached hydrogen (secondary N) is 2. The fourth-order valence-corrected chi connectivity index (χ4v) is 2.38. The molecule has 2 aromatic rings. The average molecular weight is 356 g/mol. The second-order valence-electron chi connectivity index (χ2n) is 5.40. The van der Waals surface area contributed by atoms with E-state index in [2.05, 4.69) is 15.4 Å². The van der Waals surface area contributed by atoms with Gasteiger partial charge in [0.1, 0.15) is 6.04 Å². The highest BCUT2D eigenvalue weighted by Gasteiger charge is 2.23. The van der Waals surface area contributed by atoms with Gasteiger partial charge in [0.05, 0.1) is 25.5 Å². The van der Waals surface area contributed by atoms with Crippen molar-refractivity contribution in [1.29, 1.82) is 0 Å². The zero-order valence-electron chi connectivity index (χ0n) is 14.5. The smallest absolute Gasteiger partial charge is 0.339 e. The number of carbonyl (C=O) groups is 3. The van der Waals surface area contributed by atoms with Gasteiger partial charge in [-0.3, -0.25) is 0 Å². The van der Waals surface area contributed by atoms with Crippen LogP contribution in [0.2, 0.25) is 0 Å². The molecule has 0 heterocycles. The van der Waals surface area contributed by atoms with Crippen molar-refractivity contribution in [3.05, 3.63) is 65.7 Å². The molecule has 7 nitrogen and oxygen atoms in total. The van der Waals surface area contributed by atoms with Gasteiger partial charge in [-0.1, -0.05) is 42.5 Å². The van der Waals surface area contributed by atoms with E-state index >= 15 is 0 Å². The Morgan fingerprint density at radius 1 is 0.923 bits per heavy atom. The van der Waals surface area contributed by atoms with Gasteiger partial charge < -0.3 is 20.1 Å². The zero-order valence-corrected chi connectivity index (χ0v) is 14.5. The average Bonchev–Trinajstić information content (AvgIpc) is 2.67. The molecular weight excluding hydrogens is 336 g/mol. The molecule has 0 aromatic heterocycles. The monoisotopic (exact) mass is 356 g/mol. The number of methoxy groups -OCH3 is 2. The van der Waals surface area contributed by atoms with E-state index in [0.717, 1.165) is 5.56 Å². The van der Waals surface area contributed by atoms with Crippen LogP contribution >= 0.6 is 0 Å². The fourth-order valence-electron chi connectivity index (χ4n) is 2.38. The molecule has 26 heavy (non-hydrogen) atoms. The number of benzene rings is 2.